The second-order valence-corrected chi connectivity index (χ2v) is 6.36. The Kier molecular flexibility index (Phi) is 5.09. The van der Waals surface area contributed by atoms with Gasteiger partial charge in [0.25, 0.3) is 0 Å². The van der Waals surface area contributed by atoms with E-state index >= 15 is 0 Å². The Balaban J connectivity index is 2.18. The number of carbonyl (C=O) groups excluding carboxylic acids is 2. The van der Waals surface area contributed by atoms with E-state index in [0.717, 1.165) is 12.3 Å². The molecule has 1 aromatic carbocycles. The highest BCUT2D eigenvalue weighted by Crippen LogP contribution is 2.44. The Morgan fingerprint density at radius 2 is 2.03 bits per heavy atom. The van der Waals surface area contributed by atoms with Gasteiger partial charge in [0.05, 0.1) is 13.2 Å². The number of hydrogen-bond donors (Lipinski definition) is 4. The fourth-order valence-corrected chi connectivity index (χ4v) is 3.19. The predicted octanol–water partition coefficient (Wildman–Crippen LogP) is 1.90. The molecule has 1 aliphatic heterocycles. The number of methoxy groups -OCH3 is 1. The number of hydrogen-bond acceptors (Lipinski definition) is 6. The summed E-state index contributed by atoms with van der Waals surface area (Å²) in [6.45, 7) is 0. The summed E-state index contributed by atoms with van der Waals surface area (Å²) < 4.78 is 46.3. The van der Waals surface area contributed by atoms with Crippen LogP contribution in [-0.2, 0) is 0 Å². The summed E-state index contributed by atoms with van der Waals surface area (Å²) >= 11 is 0. The van der Waals surface area contributed by atoms with E-state index in [4.69, 9.17) is 4.74 Å². The first kappa shape index (κ1) is 20.4. The molecule has 8 nitrogen and oxygen atoms in total. The Morgan fingerprint density at radius 3 is 2.62 bits per heavy atom. The van der Waals surface area contributed by atoms with Gasteiger partial charge >= 0.3 is 12.2 Å². The number of aromatic nitrogens is 1. The largest absolute Gasteiger partial charge is 0.504 e. The summed E-state index contributed by atoms with van der Waals surface area (Å²) in [6.07, 6.45) is -2.98. The van der Waals surface area contributed by atoms with Crippen LogP contribution in [0.1, 0.15) is 22.0 Å². The normalized spacial score (nSPS) is 24.4. The van der Waals surface area contributed by atoms with Crippen molar-refractivity contribution in [3.8, 4) is 11.5 Å². The molecular formula is C18H16F3N3O5. The van der Waals surface area contributed by atoms with E-state index in [1.807, 2.05) is 0 Å². The molecule has 2 heterocycles. The van der Waals surface area contributed by atoms with Crippen molar-refractivity contribution >= 4 is 11.8 Å². The second-order valence-electron chi connectivity index (χ2n) is 6.36. The first-order valence-corrected chi connectivity index (χ1v) is 8.27. The number of halogens is 3. The fourth-order valence-electron chi connectivity index (χ4n) is 3.19. The first-order chi connectivity index (χ1) is 13.6. The highest BCUT2D eigenvalue weighted by molar-refractivity contribution is 6.00. The molecule has 0 aliphatic carbocycles. The Hall–Kier alpha value is -3.34. The number of Topliss-reactive ketones (excluding diaryl/α,β-unsaturated/α-hetero) is 1. The zero-order chi connectivity index (χ0) is 21.4. The summed E-state index contributed by atoms with van der Waals surface area (Å²) in [4.78, 5) is 28.7. The quantitative estimate of drug-likeness (QED) is 0.571. The SMILES string of the molecule is COc1cc([C@H]2NC(=O)N[C@@](O)(C(F)(F)F)[C@H]2C(=O)c2cccnc2)ccc1O. The number of alkyl halides is 3. The Morgan fingerprint density at radius 1 is 1.31 bits per heavy atom. The van der Waals surface area contributed by atoms with Gasteiger partial charge in [0, 0.05) is 18.0 Å². The fraction of sp³-hybridized carbons (Fsp3) is 0.278. The monoisotopic (exact) mass is 411 g/mol. The number of benzene rings is 1. The molecule has 0 unspecified atom stereocenters. The van der Waals surface area contributed by atoms with Gasteiger partial charge in [0.2, 0.25) is 5.72 Å². The molecule has 0 radical (unpaired) electrons. The number of amides is 2. The van der Waals surface area contributed by atoms with Crippen molar-refractivity contribution in [1.29, 1.82) is 0 Å². The van der Waals surface area contributed by atoms with Crippen LogP contribution in [0, 0.1) is 5.92 Å². The number of aliphatic hydroxyl groups is 1. The lowest BCUT2D eigenvalue weighted by Crippen LogP contribution is -2.72. The molecule has 3 atom stereocenters. The highest BCUT2D eigenvalue weighted by Gasteiger charge is 2.66. The van der Waals surface area contributed by atoms with Crippen LogP contribution >= 0.6 is 0 Å². The van der Waals surface area contributed by atoms with Gasteiger partial charge in [0.1, 0.15) is 5.92 Å². The maximum atomic E-state index is 13.8. The minimum Gasteiger partial charge on any atom is -0.504 e. The number of phenolic OH excluding ortho intramolecular Hbond substituents is 1. The minimum atomic E-state index is -5.37. The van der Waals surface area contributed by atoms with Crippen LogP contribution in [0.4, 0.5) is 18.0 Å². The third-order valence-corrected chi connectivity index (χ3v) is 4.60. The molecule has 0 bridgehead atoms. The molecule has 2 aromatic rings. The van der Waals surface area contributed by atoms with Crippen molar-refractivity contribution in [1.82, 2.24) is 15.6 Å². The van der Waals surface area contributed by atoms with E-state index in [9.17, 15) is 33.0 Å². The molecule has 1 saturated heterocycles. The number of rotatable bonds is 4. The highest BCUT2D eigenvalue weighted by atomic mass is 19.4. The first-order valence-electron chi connectivity index (χ1n) is 8.27. The summed E-state index contributed by atoms with van der Waals surface area (Å²) in [7, 11) is 1.23. The molecule has 1 aliphatic rings. The van der Waals surface area contributed by atoms with Gasteiger partial charge in [-0.3, -0.25) is 9.78 Å². The Labute approximate surface area is 162 Å². The molecule has 2 amide bonds. The second kappa shape index (κ2) is 7.24. The van der Waals surface area contributed by atoms with Crippen LogP contribution in [0.15, 0.2) is 42.7 Å². The molecule has 4 N–H and O–H groups in total. The zero-order valence-corrected chi connectivity index (χ0v) is 14.9. The molecule has 0 saturated carbocycles. The Bertz CT molecular complexity index is 938. The standard InChI is InChI=1S/C18H16F3N3O5/c1-29-12-7-9(4-5-11(12)25)14-13(15(26)10-3-2-6-22-8-10)17(28,18(19,20)21)24-16(27)23-14/h2-8,13-14,25,28H,1H3,(H2,23,24,27)/t13-,14-,17+/m1/s1. The van der Waals surface area contributed by atoms with E-state index in [-0.39, 0.29) is 22.6 Å². The number of urea groups is 1. The van der Waals surface area contributed by atoms with Gasteiger partial charge in [-0.05, 0) is 29.8 Å². The number of nitrogens with zero attached hydrogens (tertiary/aromatic N) is 1. The maximum absolute atomic E-state index is 13.8. The summed E-state index contributed by atoms with van der Waals surface area (Å²) in [6, 6.07) is 3.22. The lowest BCUT2D eigenvalue weighted by Gasteiger charge is -2.45. The van der Waals surface area contributed by atoms with Gasteiger partial charge in [0.15, 0.2) is 17.3 Å². The van der Waals surface area contributed by atoms with Crippen molar-refractivity contribution in [2.75, 3.05) is 7.11 Å². The number of carbonyl (C=O) groups is 2. The van der Waals surface area contributed by atoms with Crippen LogP contribution in [-0.4, -0.2) is 46.0 Å². The van der Waals surface area contributed by atoms with Crippen LogP contribution in [0.25, 0.3) is 0 Å². The lowest BCUT2D eigenvalue weighted by atomic mass is 9.77. The summed E-state index contributed by atoms with van der Waals surface area (Å²) in [5.41, 5.74) is -4.02. The van der Waals surface area contributed by atoms with Crippen LogP contribution in [0.5, 0.6) is 11.5 Å². The number of pyridine rings is 1. The smallest absolute Gasteiger partial charge is 0.437 e. The molecule has 29 heavy (non-hydrogen) atoms. The molecule has 3 rings (SSSR count). The average molecular weight is 411 g/mol. The van der Waals surface area contributed by atoms with E-state index in [0.29, 0.717) is 0 Å². The molecule has 1 fully saturated rings. The van der Waals surface area contributed by atoms with Crippen molar-refractivity contribution in [3.05, 3.63) is 53.9 Å². The summed E-state index contributed by atoms with van der Waals surface area (Å²) in [5.74, 6) is -3.67. The molecule has 1 aromatic heterocycles. The molecule has 0 spiro atoms. The number of ether oxygens (including phenoxy) is 1. The van der Waals surface area contributed by atoms with E-state index in [2.05, 4.69) is 10.3 Å². The third-order valence-electron chi connectivity index (χ3n) is 4.60. The number of ketones is 1. The van der Waals surface area contributed by atoms with Crippen LogP contribution in [0.2, 0.25) is 0 Å². The van der Waals surface area contributed by atoms with Crippen LogP contribution in [0.3, 0.4) is 0 Å². The van der Waals surface area contributed by atoms with E-state index in [1.54, 1.807) is 0 Å². The van der Waals surface area contributed by atoms with Crippen molar-refractivity contribution in [2.24, 2.45) is 5.92 Å². The van der Waals surface area contributed by atoms with Crippen molar-refractivity contribution in [3.63, 3.8) is 0 Å². The van der Waals surface area contributed by atoms with Gasteiger partial charge in [-0.1, -0.05) is 6.07 Å². The van der Waals surface area contributed by atoms with Crippen molar-refractivity contribution < 1.29 is 37.7 Å². The zero-order valence-electron chi connectivity index (χ0n) is 14.9. The van der Waals surface area contributed by atoms with Gasteiger partial charge in [-0.15, -0.1) is 0 Å². The van der Waals surface area contributed by atoms with E-state index < -0.39 is 35.7 Å². The summed E-state index contributed by atoms with van der Waals surface area (Å²) in [5, 5.41) is 23.9. The van der Waals surface area contributed by atoms with E-state index in [1.165, 1.54) is 42.9 Å². The van der Waals surface area contributed by atoms with Gasteiger partial charge in [-0.25, -0.2) is 4.79 Å². The minimum absolute atomic E-state index is 0.0133. The number of aromatic hydroxyl groups is 1. The maximum Gasteiger partial charge on any atom is 0.437 e. The molecule has 154 valence electrons. The van der Waals surface area contributed by atoms with Crippen LogP contribution < -0.4 is 15.4 Å². The molecule has 11 heteroatoms. The topological polar surface area (TPSA) is 121 Å². The number of nitrogens with one attached hydrogen (secondary N) is 2. The van der Waals surface area contributed by atoms with Crippen molar-refractivity contribution in [2.45, 2.75) is 17.9 Å². The lowest BCUT2D eigenvalue weighted by molar-refractivity contribution is -0.287. The van der Waals surface area contributed by atoms with Gasteiger partial charge in [-0.2, -0.15) is 13.2 Å². The number of phenols is 1. The molecular weight excluding hydrogens is 395 g/mol. The van der Waals surface area contributed by atoms with Gasteiger partial charge < -0.3 is 25.6 Å². The average Bonchev–Trinajstić information content (AvgIpc) is 2.67. The third kappa shape index (κ3) is 3.56. The predicted molar refractivity (Wildman–Crippen MR) is 92.1 cm³/mol.